The second-order valence-corrected chi connectivity index (χ2v) is 11.8. The Morgan fingerprint density at radius 3 is 2.16 bits per heavy atom. The van der Waals surface area contributed by atoms with E-state index in [4.69, 9.17) is 4.74 Å². The van der Waals surface area contributed by atoms with Crippen LogP contribution in [0.25, 0.3) is 0 Å². The fourth-order valence-electron chi connectivity index (χ4n) is 4.00. The fraction of sp³-hybridized carbons (Fsp3) is 0.947. The van der Waals surface area contributed by atoms with Gasteiger partial charge in [-0.25, -0.2) is 13.7 Å². The Kier molecular flexibility index (Phi) is 5.94. The zero-order valence-electron chi connectivity index (χ0n) is 17.0. The van der Waals surface area contributed by atoms with Crippen molar-refractivity contribution in [2.24, 2.45) is 11.3 Å². The Labute approximate surface area is 155 Å². The normalized spacial score (nSPS) is 28.2. The van der Waals surface area contributed by atoms with Gasteiger partial charge in [-0.1, -0.05) is 6.92 Å². The predicted molar refractivity (Wildman–Crippen MR) is 103 cm³/mol. The maximum Gasteiger partial charge on any atom is 0.410 e. The molecule has 1 heterocycles. The molecular formula is C19H36N2O3S. The van der Waals surface area contributed by atoms with E-state index in [0.29, 0.717) is 5.92 Å². The number of nitrogens with one attached hydrogen (secondary N) is 1. The van der Waals surface area contributed by atoms with Gasteiger partial charge in [0.1, 0.15) is 5.60 Å². The first-order valence-electron chi connectivity index (χ1n) is 9.50. The first-order valence-corrected chi connectivity index (χ1v) is 10.7. The molecular weight excluding hydrogens is 336 g/mol. The van der Waals surface area contributed by atoms with Crippen molar-refractivity contribution in [1.29, 1.82) is 0 Å². The molecule has 0 aromatic heterocycles. The fourth-order valence-corrected chi connectivity index (χ4v) is 5.06. The van der Waals surface area contributed by atoms with Crippen LogP contribution >= 0.6 is 0 Å². The number of piperidine rings is 1. The van der Waals surface area contributed by atoms with Crippen molar-refractivity contribution < 1.29 is 13.7 Å². The summed E-state index contributed by atoms with van der Waals surface area (Å²) in [6.07, 6.45) is 4.00. The molecule has 0 bridgehead atoms. The Balaban J connectivity index is 2.02. The van der Waals surface area contributed by atoms with E-state index < -0.39 is 16.6 Å². The van der Waals surface area contributed by atoms with Crippen LogP contribution < -0.4 is 4.72 Å². The third-order valence-electron chi connectivity index (χ3n) is 5.53. The molecule has 0 radical (unpaired) electrons. The molecule has 2 rings (SSSR count). The molecule has 1 N–H and O–H groups in total. The number of rotatable bonds is 2. The quantitative estimate of drug-likeness (QED) is 0.801. The van der Waals surface area contributed by atoms with Gasteiger partial charge in [0.05, 0.1) is 15.7 Å². The first kappa shape index (κ1) is 20.7. The highest BCUT2D eigenvalue weighted by molar-refractivity contribution is 7.84. The van der Waals surface area contributed by atoms with Crippen LogP contribution in [0.2, 0.25) is 0 Å². The molecule has 146 valence electrons. The van der Waals surface area contributed by atoms with Gasteiger partial charge in [-0.3, -0.25) is 0 Å². The van der Waals surface area contributed by atoms with E-state index >= 15 is 0 Å². The summed E-state index contributed by atoms with van der Waals surface area (Å²) < 4.78 is 21.3. The molecule has 2 fully saturated rings. The van der Waals surface area contributed by atoms with Crippen LogP contribution in [0.15, 0.2) is 0 Å². The zero-order valence-corrected chi connectivity index (χ0v) is 17.8. The summed E-state index contributed by atoms with van der Waals surface area (Å²) in [6.45, 7) is 15.4. The minimum atomic E-state index is -1.06. The third-order valence-corrected chi connectivity index (χ3v) is 7.11. The second kappa shape index (κ2) is 7.18. The lowest BCUT2D eigenvalue weighted by Gasteiger charge is -2.44. The van der Waals surface area contributed by atoms with Crippen LogP contribution in [0, 0.1) is 11.3 Å². The van der Waals surface area contributed by atoms with Gasteiger partial charge in [-0.15, -0.1) is 0 Å². The van der Waals surface area contributed by atoms with Gasteiger partial charge in [-0.05, 0) is 78.6 Å². The Morgan fingerprint density at radius 2 is 1.68 bits per heavy atom. The minimum absolute atomic E-state index is 0.152. The van der Waals surface area contributed by atoms with Crippen LogP contribution in [-0.4, -0.2) is 44.7 Å². The number of hydrogen-bond donors (Lipinski definition) is 1. The predicted octanol–water partition coefficient (Wildman–Crippen LogP) is 3.85. The summed E-state index contributed by atoms with van der Waals surface area (Å²) in [4.78, 5) is 14.1. The molecule has 5 nitrogen and oxygen atoms in total. The second-order valence-electron chi connectivity index (χ2n) is 9.82. The van der Waals surface area contributed by atoms with Gasteiger partial charge in [0.25, 0.3) is 0 Å². The SMILES string of the molecule is CC1CCC2(CCN(C(=O)OC(C)(C)C)CC2)C1NS(=O)C(C)(C)C. The van der Waals surface area contributed by atoms with Gasteiger partial charge in [0.2, 0.25) is 0 Å². The molecule has 1 aliphatic heterocycles. The van der Waals surface area contributed by atoms with E-state index in [1.165, 1.54) is 0 Å². The topological polar surface area (TPSA) is 58.6 Å². The monoisotopic (exact) mass is 372 g/mol. The van der Waals surface area contributed by atoms with E-state index in [1.807, 2.05) is 46.4 Å². The van der Waals surface area contributed by atoms with Crippen molar-refractivity contribution >= 4 is 17.1 Å². The summed E-state index contributed by atoms with van der Waals surface area (Å²) in [5.74, 6) is 0.513. The highest BCUT2D eigenvalue weighted by Crippen LogP contribution is 2.49. The van der Waals surface area contributed by atoms with E-state index in [1.54, 1.807) is 0 Å². The molecule has 0 aromatic carbocycles. The average molecular weight is 373 g/mol. The summed E-state index contributed by atoms with van der Waals surface area (Å²) >= 11 is 0. The number of carbonyl (C=O) groups is 1. The van der Waals surface area contributed by atoms with Crippen LogP contribution in [-0.2, 0) is 15.7 Å². The van der Waals surface area contributed by atoms with Gasteiger partial charge in [-0.2, -0.15) is 0 Å². The molecule has 1 aliphatic carbocycles. The van der Waals surface area contributed by atoms with Crippen molar-refractivity contribution in [3.05, 3.63) is 0 Å². The van der Waals surface area contributed by atoms with Crippen LogP contribution in [0.4, 0.5) is 4.79 Å². The van der Waals surface area contributed by atoms with Gasteiger partial charge >= 0.3 is 6.09 Å². The highest BCUT2D eigenvalue weighted by Gasteiger charge is 2.49. The summed E-state index contributed by atoms with van der Waals surface area (Å²) in [7, 11) is -1.06. The van der Waals surface area contributed by atoms with Crippen molar-refractivity contribution in [2.75, 3.05) is 13.1 Å². The average Bonchev–Trinajstić information content (AvgIpc) is 2.75. The molecule has 3 unspecified atom stereocenters. The van der Waals surface area contributed by atoms with E-state index in [0.717, 1.165) is 38.8 Å². The van der Waals surface area contributed by atoms with E-state index in [9.17, 15) is 9.00 Å². The number of hydrogen-bond acceptors (Lipinski definition) is 3. The number of amides is 1. The van der Waals surface area contributed by atoms with Crippen molar-refractivity contribution in [3.63, 3.8) is 0 Å². The molecule has 2 aliphatic rings. The van der Waals surface area contributed by atoms with E-state index in [2.05, 4.69) is 11.6 Å². The summed E-state index contributed by atoms with van der Waals surface area (Å²) in [6, 6.07) is 0.258. The molecule has 1 spiro atoms. The third kappa shape index (κ3) is 4.97. The maximum atomic E-state index is 12.6. The zero-order chi connectivity index (χ0) is 19.0. The Bertz CT molecular complexity index is 514. The first-order chi connectivity index (χ1) is 11.3. The van der Waals surface area contributed by atoms with Crippen LogP contribution in [0.5, 0.6) is 0 Å². The van der Waals surface area contributed by atoms with Crippen molar-refractivity contribution in [3.8, 4) is 0 Å². The van der Waals surface area contributed by atoms with Gasteiger partial charge in [0, 0.05) is 19.1 Å². The van der Waals surface area contributed by atoms with Gasteiger partial charge < -0.3 is 9.64 Å². The molecule has 1 saturated carbocycles. The standard InChI is InChI=1S/C19H36N2O3S/c1-14-8-9-19(15(14)20-25(23)18(5,6)7)10-12-21(13-11-19)16(22)24-17(2,3)4/h14-15,20H,8-13H2,1-7H3. The number of likely N-dealkylation sites (tertiary alicyclic amines) is 1. The molecule has 1 amide bonds. The summed E-state index contributed by atoms with van der Waals surface area (Å²) in [5, 5.41) is 0. The van der Waals surface area contributed by atoms with Crippen LogP contribution in [0.1, 0.15) is 74.1 Å². The Morgan fingerprint density at radius 1 is 1.12 bits per heavy atom. The molecule has 1 saturated heterocycles. The lowest BCUT2D eigenvalue weighted by atomic mass is 9.73. The maximum absolute atomic E-state index is 12.6. The van der Waals surface area contributed by atoms with Crippen molar-refractivity contribution in [1.82, 2.24) is 9.62 Å². The molecule has 6 heteroatoms. The van der Waals surface area contributed by atoms with Crippen molar-refractivity contribution in [2.45, 2.75) is 90.5 Å². The number of carbonyl (C=O) groups excluding carboxylic acids is 1. The number of ether oxygens (including phenoxy) is 1. The molecule has 0 aromatic rings. The van der Waals surface area contributed by atoms with Gasteiger partial charge in [0.15, 0.2) is 0 Å². The molecule has 25 heavy (non-hydrogen) atoms. The molecule has 3 atom stereocenters. The number of nitrogens with zero attached hydrogens (tertiary/aromatic N) is 1. The largest absolute Gasteiger partial charge is 0.444 e. The summed E-state index contributed by atoms with van der Waals surface area (Å²) in [5.41, 5.74) is -0.305. The lowest BCUT2D eigenvalue weighted by molar-refractivity contribution is 0.00750. The highest BCUT2D eigenvalue weighted by atomic mass is 32.2. The minimum Gasteiger partial charge on any atom is -0.444 e. The smallest absolute Gasteiger partial charge is 0.410 e. The lowest BCUT2D eigenvalue weighted by Crippen LogP contribution is -2.54. The Hall–Kier alpha value is -0.620. The van der Waals surface area contributed by atoms with E-state index in [-0.39, 0.29) is 22.3 Å². The van der Waals surface area contributed by atoms with Crippen LogP contribution in [0.3, 0.4) is 0 Å².